The van der Waals surface area contributed by atoms with Gasteiger partial charge in [-0.2, -0.15) is 0 Å². The minimum Gasteiger partial charge on any atom is -0.390 e. The Morgan fingerprint density at radius 3 is 2.68 bits per heavy atom. The third-order valence-electron chi connectivity index (χ3n) is 5.92. The zero-order chi connectivity index (χ0) is 18.1. The molecule has 0 saturated heterocycles. The van der Waals surface area contributed by atoms with Gasteiger partial charge in [0.25, 0.3) is 0 Å². The molecule has 0 spiro atoms. The molecular weight excluding hydrogens is 322 g/mol. The monoisotopic (exact) mass is 349 g/mol. The SMILES string of the molecule is CC(C)(C)N1C=C(CNC2C(O)C(O)C3CC32)C2C(=O)NC(N)=NC21. The quantitative estimate of drug-likeness (QED) is 0.432. The van der Waals surface area contributed by atoms with Gasteiger partial charge in [0.2, 0.25) is 5.91 Å². The van der Waals surface area contributed by atoms with E-state index in [0.29, 0.717) is 12.5 Å². The largest absolute Gasteiger partial charge is 0.390 e. The number of carbonyl (C=O) groups excluding carboxylic acids is 1. The van der Waals surface area contributed by atoms with E-state index in [1.54, 1.807) is 0 Å². The topological polar surface area (TPSA) is 123 Å². The number of rotatable bonds is 3. The molecule has 0 aromatic heterocycles. The second-order valence-electron chi connectivity index (χ2n) is 8.63. The summed E-state index contributed by atoms with van der Waals surface area (Å²) in [6.45, 7) is 6.69. The second kappa shape index (κ2) is 5.43. The molecule has 2 aliphatic heterocycles. The van der Waals surface area contributed by atoms with E-state index >= 15 is 0 Å². The second-order valence-corrected chi connectivity index (χ2v) is 8.63. The number of aliphatic imine (C=N–C) groups is 1. The van der Waals surface area contributed by atoms with Crippen LogP contribution in [0.25, 0.3) is 0 Å². The van der Waals surface area contributed by atoms with E-state index in [9.17, 15) is 15.0 Å². The first-order chi connectivity index (χ1) is 11.7. The summed E-state index contributed by atoms with van der Waals surface area (Å²) in [6.07, 6.45) is 1.23. The molecule has 25 heavy (non-hydrogen) atoms. The highest BCUT2D eigenvalue weighted by atomic mass is 16.3. The third-order valence-corrected chi connectivity index (χ3v) is 5.92. The predicted octanol–water partition coefficient (Wildman–Crippen LogP) is -1.30. The van der Waals surface area contributed by atoms with Gasteiger partial charge in [-0.25, -0.2) is 4.99 Å². The van der Waals surface area contributed by atoms with E-state index in [2.05, 4.69) is 41.3 Å². The Hall–Kier alpha value is -1.64. The molecule has 0 radical (unpaired) electrons. The van der Waals surface area contributed by atoms with E-state index in [1.165, 1.54) is 0 Å². The molecule has 1 amide bonds. The fourth-order valence-electron chi connectivity index (χ4n) is 4.52. The van der Waals surface area contributed by atoms with Crippen LogP contribution in [-0.4, -0.2) is 63.5 Å². The normalized spacial score (nSPS) is 42.5. The first-order valence-electron chi connectivity index (χ1n) is 8.91. The summed E-state index contributed by atoms with van der Waals surface area (Å²) in [6, 6.07) is -0.122. The van der Waals surface area contributed by atoms with Crippen molar-refractivity contribution in [3.05, 3.63) is 11.8 Å². The van der Waals surface area contributed by atoms with Gasteiger partial charge in [-0.3, -0.25) is 10.1 Å². The Labute approximate surface area is 147 Å². The van der Waals surface area contributed by atoms with E-state index < -0.39 is 18.1 Å². The highest BCUT2D eigenvalue weighted by molar-refractivity contribution is 6.01. The number of nitrogens with one attached hydrogen (secondary N) is 2. The maximum Gasteiger partial charge on any atom is 0.238 e. The first kappa shape index (κ1) is 16.8. The lowest BCUT2D eigenvalue weighted by molar-refractivity contribution is -0.124. The molecule has 2 heterocycles. The lowest BCUT2D eigenvalue weighted by atomic mass is 9.95. The first-order valence-corrected chi connectivity index (χ1v) is 8.91. The number of aliphatic hydroxyl groups excluding tert-OH is 2. The molecule has 8 nitrogen and oxygen atoms in total. The van der Waals surface area contributed by atoms with Crippen molar-refractivity contribution in [2.24, 2.45) is 28.5 Å². The Bertz CT molecular complexity index is 655. The molecule has 8 heteroatoms. The molecule has 7 unspecified atom stereocenters. The number of amides is 1. The summed E-state index contributed by atoms with van der Waals surface area (Å²) in [4.78, 5) is 19.0. The predicted molar refractivity (Wildman–Crippen MR) is 92.1 cm³/mol. The maximum atomic E-state index is 12.5. The smallest absolute Gasteiger partial charge is 0.238 e. The van der Waals surface area contributed by atoms with Crippen LogP contribution in [0.2, 0.25) is 0 Å². The number of guanidine groups is 1. The fraction of sp³-hybridized carbons (Fsp3) is 0.765. The molecule has 6 N–H and O–H groups in total. The maximum absolute atomic E-state index is 12.5. The van der Waals surface area contributed by atoms with Gasteiger partial charge in [0.15, 0.2) is 5.96 Å². The molecule has 4 rings (SSSR count). The van der Waals surface area contributed by atoms with Crippen LogP contribution in [0.3, 0.4) is 0 Å². The highest BCUT2D eigenvalue weighted by Crippen LogP contribution is 2.52. The molecule has 0 bridgehead atoms. The Morgan fingerprint density at radius 2 is 2.08 bits per heavy atom. The van der Waals surface area contributed by atoms with Crippen molar-refractivity contribution >= 4 is 11.9 Å². The fourth-order valence-corrected chi connectivity index (χ4v) is 4.52. The van der Waals surface area contributed by atoms with Crippen LogP contribution in [-0.2, 0) is 4.79 Å². The number of nitrogens with zero attached hydrogens (tertiary/aromatic N) is 2. The van der Waals surface area contributed by atoms with Crippen molar-refractivity contribution in [1.29, 1.82) is 0 Å². The summed E-state index contributed by atoms with van der Waals surface area (Å²) in [5.41, 5.74) is 6.49. The van der Waals surface area contributed by atoms with E-state index in [1.807, 2.05) is 6.20 Å². The summed E-state index contributed by atoms with van der Waals surface area (Å²) < 4.78 is 0. The van der Waals surface area contributed by atoms with Crippen LogP contribution >= 0.6 is 0 Å². The van der Waals surface area contributed by atoms with E-state index in [0.717, 1.165) is 12.0 Å². The summed E-state index contributed by atoms with van der Waals surface area (Å²) >= 11 is 0. The number of hydrogen-bond acceptors (Lipinski definition) is 7. The van der Waals surface area contributed by atoms with Crippen LogP contribution in [0, 0.1) is 17.8 Å². The van der Waals surface area contributed by atoms with Gasteiger partial charge in [-0.15, -0.1) is 0 Å². The van der Waals surface area contributed by atoms with Gasteiger partial charge < -0.3 is 26.2 Å². The lowest BCUT2D eigenvalue weighted by Gasteiger charge is -2.38. The Balaban J connectivity index is 1.53. The van der Waals surface area contributed by atoms with Crippen LogP contribution in [0.15, 0.2) is 16.8 Å². The standard InChI is InChI=1S/C17H27N5O3/c1-17(2,3)22-6-7(10-14(22)20-16(18)21-15(10)25)5-19-11-8-4-9(8)12(23)13(11)24/h6,8-14,19,23-24H,4-5H2,1-3H3,(H3,18,20,21,25). The van der Waals surface area contributed by atoms with Gasteiger partial charge in [0.1, 0.15) is 12.1 Å². The van der Waals surface area contributed by atoms with Gasteiger partial charge in [0.05, 0.1) is 12.2 Å². The van der Waals surface area contributed by atoms with Crippen molar-refractivity contribution in [3.8, 4) is 0 Å². The number of aliphatic hydroxyl groups is 2. The average Bonchev–Trinajstić information content (AvgIpc) is 3.13. The molecule has 4 aliphatic rings. The van der Waals surface area contributed by atoms with Crippen LogP contribution in [0.1, 0.15) is 27.2 Å². The van der Waals surface area contributed by atoms with Crippen LogP contribution < -0.4 is 16.4 Å². The van der Waals surface area contributed by atoms with Gasteiger partial charge in [-0.05, 0) is 44.6 Å². The lowest BCUT2D eigenvalue weighted by Crippen LogP contribution is -2.54. The van der Waals surface area contributed by atoms with Crippen LogP contribution in [0.5, 0.6) is 0 Å². The zero-order valence-corrected chi connectivity index (χ0v) is 14.8. The zero-order valence-electron chi connectivity index (χ0n) is 14.8. The molecule has 2 fully saturated rings. The highest BCUT2D eigenvalue weighted by Gasteiger charge is 2.59. The van der Waals surface area contributed by atoms with Crippen molar-refractivity contribution in [3.63, 3.8) is 0 Å². The molecule has 0 aromatic carbocycles. The number of hydrogen-bond donors (Lipinski definition) is 5. The van der Waals surface area contributed by atoms with Gasteiger partial charge >= 0.3 is 0 Å². The van der Waals surface area contributed by atoms with Crippen LogP contribution in [0.4, 0.5) is 0 Å². The van der Waals surface area contributed by atoms with E-state index in [-0.39, 0.29) is 35.5 Å². The van der Waals surface area contributed by atoms with Crippen molar-refractivity contribution < 1.29 is 15.0 Å². The Kier molecular flexibility index (Phi) is 3.65. The average molecular weight is 349 g/mol. The van der Waals surface area contributed by atoms with Gasteiger partial charge in [0, 0.05) is 24.3 Å². The van der Waals surface area contributed by atoms with Gasteiger partial charge in [-0.1, -0.05) is 0 Å². The molecule has 138 valence electrons. The molecule has 2 aliphatic carbocycles. The Morgan fingerprint density at radius 1 is 1.36 bits per heavy atom. The summed E-state index contributed by atoms with van der Waals surface area (Å²) in [7, 11) is 0. The van der Waals surface area contributed by atoms with E-state index in [4.69, 9.17) is 5.73 Å². The number of carbonyl (C=O) groups is 1. The molecule has 2 saturated carbocycles. The molecular formula is C17H27N5O3. The van der Waals surface area contributed by atoms with Crippen molar-refractivity contribution in [2.45, 2.75) is 57.1 Å². The number of nitrogens with two attached hydrogens (primary N) is 1. The van der Waals surface area contributed by atoms with Crippen molar-refractivity contribution in [1.82, 2.24) is 15.5 Å². The minimum atomic E-state index is -0.742. The molecule has 0 aromatic rings. The minimum absolute atomic E-state index is 0.122. The summed E-state index contributed by atoms with van der Waals surface area (Å²) in [5.74, 6) is 0.158. The van der Waals surface area contributed by atoms with Crippen molar-refractivity contribution in [2.75, 3.05) is 6.54 Å². The summed E-state index contributed by atoms with van der Waals surface area (Å²) in [5, 5.41) is 26.1. The third kappa shape index (κ3) is 2.63. The molecule has 7 atom stereocenters. The number of fused-ring (bicyclic) bond motifs is 2.